The number of nitrogens with zero attached hydrogens (tertiary/aromatic N) is 1. The predicted octanol–water partition coefficient (Wildman–Crippen LogP) is 4.91. The van der Waals surface area contributed by atoms with Gasteiger partial charge in [0.05, 0.1) is 26.9 Å². The van der Waals surface area contributed by atoms with Crippen LogP contribution in [0.5, 0.6) is 17.2 Å². The number of hydrogen-bond acceptors (Lipinski definition) is 5. The molecule has 1 heterocycles. The molecule has 0 unspecified atom stereocenters. The van der Waals surface area contributed by atoms with E-state index in [9.17, 15) is 4.79 Å². The van der Waals surface area contributed by atoms with E-state index in [2.05, 4.69) is 40.5 Å². The van der Waals surface area contributed by atoms with Gasteiger partial charge in [0, 0.05) is 13.1 Å². The number of nitrogens with one attached hydrogen (secondary N) is 1. The Balaban J connectivity index is 1.49. The maximum absolute atomic E-state index is 13.0. The summed E-state index contributed by atoms with van der Waals surface area (Å²) in [6.07, 6.45) is 2.60. The summed E-state index contributed by atoms with van der Waals surface area (Å²) in [4.78, 5) is 15.5. The molecule has 1 aliphatic rings. The van der Waals surface area contributed by atoms with Crippen LogP contribution >= 0.6 is 0 Å². The van der Waals surface area contributed by atoms with Crippen LogP contribution in [0.1, 0.15) is 34.3 Å². The topological polar surface area (TPSA) is 60.0 Å². The smallest absolute Gasteiger partial charge is 0.255 e. The van der Waals surface area contributed by atoms with E-state index in [0.717, 1.165) is 23.2 Å². The average Bonchev–Trinajstić information content (AvgIpc) is 3.40. The first-order valence-electron chi connectivity index (χ1n) is 11.6. The largest absolute Gasteiger partial charge is 0.493 e. The average molecular weight is 461 g/mol. The van der Waals surface area contributed by atoms with E-state index >= 15 is 0 Å². The zero-order valence-corrected chi connectivity index (χ0v) is 20.1. The lowest BCUT2D eigenvalue weighted by molar-refractivity contribution is 0.0947. The highest BCUT2D eigenvalue weighted by atomic mass is 16.5. The SMILES string of the molecule is COc1ccc(C(=O)NCc2ccccc2-c2ccc(CN3CCCC3)cc2)c(OC)c1OC. The summed E-state index contributed by atoms with van der Waals surface area (Å²) in [5.74, 6) is 1.01. The van der Waals surface area contributed by atoms with E-state index in [0.29, 0.717) is 29.4 Å². The van der Waals surface area contributed by atoms with E-state index in [1.165, 1.54) is 45.7 Å². The molecule has 3 aromatic rings. The summed E-state index contributed by atoms with van der Waals surface area (Å²) >= 11 is 0. The Kier molecular flexibility index (Phi) is 7.70. The minimum absolute atomic E-state index is 0.242. The lowest BCUT2D eigenvalue weighted by Gasteiger charge is -2.17. The standard InChI is InChI=1S/C28H32N2O4/c1-32-25-15-14-24(26(33-2)27(25)34-3)28(31)29-18-22-8-4-5-9-23(22)21-12-10-20(11-13-21)19-30-16-6-7-17-30/h4-5,8-15H,6-7,16-19H2,1-3H3,(H,29,31). The van der Waals surface area contributed by atoms with E-state index in [-0.39, 0.29) is 5.91 Å². The third-order valence-electron chi connectivity index (χ3n) is 6.28. The molecule has 6 heteroatoms. The number of rotatable bonds is 9. The molecule has 0 atom stereocenters. The second-order valence-electron chi connectivity index (χ2n) is 8.40. The molecule has 3 aromatic carbocycles. The molecule has 4 rings (SSSR count). The number of methoxy groups -OCH3 is 3. The van der Waals surface area contributed by atoms with Gasteiger partial charge in [-0.15, -0.1) is 0 Å². The minimum atomic E-state index is -0.242. The number of benzene rings is 3. The summed E-state index contributed by atoms with van der Waals surface area (Å²) in [5.41, 5.74) is 5.01. The molecule has 1 saturated heterocycles. The Morgan fingerprint density at radius 2 is 1.56 bits per heavy atom. The van der Waals surface area contributed by atoms with E-state index in [1.54, 1.807) is 19.2 Å². The highest BCUT2D eigenvalue weighted by Gasteiger charge is 2.21. The fourth-order valence-corrected chi connectivity index (χ4v) is 4.50. The fourth-order valence-electron chi connectivity index (χ4n) is 4.50. The second kappa shape index (κ2) is 11.1. The van der Waals surface area contributed by atoms with Crippen molar-refractivity contribution in [3.63, 3.8) is 0 Å². The van der Waals surface area contributed by atoms with Gasteiger partial charge in [0.2, 0.25) is 5.75 Å². The van der Waals surface area contributed by atoms with Gasteiger partial charge in [0.1, 0.15) is 0 Å². The normalized spacial score (nSPS) is 13.5. The second-order valence-corrected chi connectivity index (χ2v) is 8.40. The Morgan fingerprint density at radius 1 is 0.853 bits per heavy atom. The van der Waals surface area contributed by atoms with E-state index < -0.39 is 0 Å². The van der Waals surface area contributed by atoms with Crippen LogP contribution in [-0.2, 0) is 13.1 Å². The monoisotopic (exact) mass is 460 g/mol. The van der Waals surface area contributed by atoms with Crippen molar-refractivity contribution in [1.82, 2.24) is 10.2 Å². The molecule has 0 spiro atoms. The number of ether oxygens (including phenoxy) is 3. The Hall–Kier alpha value is -3.51. The Bertz CT molecular complexity index is 1120. The molecule has 0 aromatic heterocycles. The first kappa shape index (κ1) is 23.6. The maximum atomic E-state index is 13.0. The van der Waals surface area contributed by atoms with Crippen molar-refractivity contribution in [2.45, 2.75) is 25.9 Å². The lowest BCUT2D eigenvalue weighted by Crippen LogP contribution is -2.24. The van der Waals surface area contributed by atoms with Crippen LogP contribution < -0.4 is 19.5 Å². The zero-order chi connectivity index (χ0) is 23.9. The molecule has 0 bridgehead atoms. The molecule has 1 N–H and O–H groups in total. The third-order valence-corrected chi connectivity index (χ3v) is 6.28. The summed E-state index contributed by atoms with van der Waals surface area (Å²) < 4.78 is 16.2. The third kappa shape index (κ3) is 5.18. The van der Waals surface area contributed by atoms with Crippen LogP contribution in [0.2, 0.25) is 0 Å². The van der Waals surface area contributed by atoms with E-state index in [4.69, 9.17) is 14.2 Å². The number of likely N-dealkylation sites (tertiary alicyclic amines) is 1. The first-order valence-corrected chi connectivity index (χ1v) is 11.6. The molecule has 1 fully saturated rings. The molecular formula is C28H32N2O4. The van der Waals surface area contributed by atoms with Crippen LogP contribution in [0.15, 0.2) is 60.7 Å². The van der Waals surface area contributed by atoms with Crippen molar-refractivity contribution >= 4 is 5.91 Å². The number of carbonyl (C=O) groups excluding carboxylic acids is 1. The van der Waals surface area contributed by atoms with Gasteiger partial charge >= 0.3 is 0 Å². The highest BCUT2D eigenvalue weighted by molar-refractivity contribution is 5.98. The summed E-state index contributed by atoms with van der Waals surface area (Å²) in [6, 6.07) is 20.3. The van der Waals surface area contributed by atoms with Crippen molar-refractivity contribution in [2.75, 3.05) is 34.4 Å². The number of carbonyl (C=O) groups is 1. The van der Waals surface area contributed by atoms with Gasteiger partial charge < -0.3 is 19.5 Å². The van der Waals surface area contributed by atoms with Crippen LogP contribution in [0.25, 0.3) is 11.1 Å². The lowest BCUT2D eigenvalue weighted by atomic mass is 9.98. The summed E-state index contributed by atoms with van der Waals surface area (Å²) in [6.45, 7) is 3.78. The summed E-state index contributed by atoms with van der Waals surface area (Å²) in [7, 11) is 4.58. The van der Waals surface area contributed by atoms with Crippen LogP contribution in [0.3, 0.4) is 0 Å². The van der Waals surface area contributed by atoms with Crippen LogP contribution in [-0.4, -0.2) is 45.2 Å². The molecule has 6 nitrogen and oxygen atoms in total. The van der Waals surface area contributed by atoms with Crippen molar-refractivity contribution in [1.29, 1.82) is 0 Å². The molecular weight excluding hydrogens is 428 g/mol. The highest BCUT2D eigenvalue weighted by Crippen LogP contribution is 2.39. The molecule has 1 amide bonds. The fraction of sp³-hybridized carbons (Fsp3) is 0.321. The molecule has 0 aliphatic carbocycles. The van der Waals surface area contributed by atoms with Crippen LogP contribution in [0, 0.1) is 0 Å². The van der Waals surface area contributed by atoms with Crippen molar-refractivity contribution in [2.24, 2.45) is 0 Å². The van der Waals surface area contributed by atoms with Crippen LogP contribution in [0.4, 0.5) is 0 Å². The zero-order valence-electron chi connectivity index (χ0n) is 20.1. The Morgan fingerprint density at radius 3 is 2.24 bits per heavy atom. The van der Waals surface area contributed by atoms with Gasteiger partial charge in [-0.3, -0.25) is 9.69 Å². The molecule has 0 radical (unpaired) electrons. The van der Waals surface area contributed by atoms with Gasteiger partial charge in [-0.25, -0.2) is 0 Å². The van der Waals surface area contributed by atoms with Crippen molar-refractivity contribution < 1.29 is 19.0 Å². The maximum Gasteiger partial charge on any atom is 0.255 e. The molecule has 34 heavy (non-hydrogen) atoms. The first-order chi connectivity index (χ1) is 16.6. The van der Waals surface area contributed by atoms with E-state index in [1.807, 2.05) is 18.2 Å². The van der Waals surface area contributed by atoms with Gasteiger partial charge in [-0.2, -0.15) is 0 Å². The van der Waals surface area contributed by atoms with Gasteiger partial charge in [0.15, 0.2) is 11.5 Å². The van der Waals surface area contributed by atoms with Gasteiger partial charge in [-0.05, 0) is 60.3 Å². The Labute approximate surface area is 201 Å². The van der Waals surface area contributed by atoms with Crippen molar-refractivity contribution in [3.8, 4) is 28.4 Å². The van der Waals surface area contributed by atoms with Gasteiger partial charge in [-0.1, -0.05) is 48.5 Å². The molecule has 0 saturated carbocycles. The summed E-state index contributed by atoms with van der Waals surface area (Å²) in [5, 5.41) is 3.03. The number of hydrogen-bond donors (Lipinski definition) is 1. The van der Waals surface area contributed by atoms with Gasteiger partial charge in [0.25, 0.3) is 5.91 Å². The minimum Gasteiger partial charge on any atom is -0.493 e. The predicted molar refractivity (Wildman–Crippen MR) is 134 cm³/mol. The molecule has 178 valence electrons. The van der Waals surface area contributed by atoms with Crippen molar-refractivity contribution in [3.05, 3.63) is 77.4 Å². The number of amides is 1. The molecule has 1 aliphatic heterocycles. The quantitative estimate of drug-likeness (QED) is 0.492.